The largest absolute Gasteiger partial charge is 0.454 e. The molecule has 0 unspecified atom stereocenters. The summed E-state index contributed by atoms with van der Waals surface area (Å²) in [6, 6.07) is 11.4. The first-order chi connectivity index (χ1) is 13.6. The Balaban J connectivity index is 1.75. The molecule has 0 aromatic heterocycles. The second-order valence-corrected chi connectivity index (χ2v) is 7.60. The molecule has 1 aromatic carbocycles. The van der Waals surface area contributed by atoms with E-state index in [1.54, 1.807) is 18.2 Å². The maximum absolute atomic E-state index is 10.2. The molecule has 1 aliphatic carbocycles. The van der Waals surface area contributed by atoms with E-state index in [0.717, 1.165) is 12.8 Å². The maximum atomic E-state index is 10.2. The number of nitrogens with one attached hydrogen (secondary N) is 1. The van der Waals surface area contributed by atoms with Crippen LogP contribution in [0.2, 0.25) is 0 Å². The highest BCUT2D eigenvalue weighted by atomic mass is 16.7. The van der Waals surface area contributed by atoms with Crippen molar-refractivity contribution in [1.82, 2.24) is 0 Å². The van der Waals surface area contributed by atoms with Crippen LogP contribution in [-0.4, -0.2) is 18.5 Å². The Morgan fingerprint density at radius 1 is 1.04 bits per heavy atom. The van der Waals surface area contributed by atoms with Crippen LogP contribution in [-0.2, 0) is 9.47 Å². The molecule has 5 rings (SSSR count). The van der Waals surface area contributed by atoms with E-state index in [1.165, 1.54) is 0 Å². The Labute approximate surface area is 161 Å². The van der Waals surface area contributed by atoms with Crippen molar-refractivity contribution in [3.05, 3.63) is 23.8 Å². The predicted octanol–water partition coefficient (Wildman–Crippen LogP) is 2.92. The van der Waals surface area contributed by atoms with E-state index in [2.05, 4.69) is 18.2 Å². The maximum Gasteiger partial charge on any atom is 0.231 e. The first kappa shape index (κ1) is 16.9. The Morgan fingerprint density at radius 2 is 1.82 bits per heavy atom. The van der Waals surface area contributed by atoms with E-state index in [-0.39, 0.29) is 12.7 Å². The van der Waals surface area contributed by atoms with E-state index in [0.29, 0.717) is 29.9 Å². The summed E-state index contributed by atoms with van der Waals surface area (Å²) in [7, 11) is 0. The number of benzene rings is 1. The van der Waals surface area contributed by atoms with Gasteiger partial charge in [-0.3, -0.25) is 5.41 Å². The Hall–Kier alpha value is -3.28. The molecule has 0 spiro atoms. The average Bonchev–Trinajstić information content (AvgIpc) is 3.27. The van der Waals surface area contributed by atoms with E-state index in [9.17, 15) is 15.8 Å². The fourth-order valence-corrected chi connectivity index (χ4v) is 5.24. The zero-order chi connectivity index (χ0) is 19.6. The molecule has 1 aromatic rings. The summed E-state index contributed by atoms with van der Waals surface area (Å²) in [5, 5.41) is 39.1. The van der Waals surface area contributed by atoms with Crippen molar-refractivity contribution in [2.75, 3.05) is 6.79 Å². The lowest BCUT2D eigenvalue weighted by atomic mass is 9.51. The van der Waals surface area contributed by atoms with Gasteiger partial charge in [-0.15, -0.1) is 0 Å². The van der Waals surface area contributed by atoms with Gasteiger partial charge in [0, 0.05) is 6.42 Å². The van der Waals surface area contributed by atoms with E-state index < -0.39 is 28.6 Å². The monoisotopic (exact) mass is 376 g/mol. The van der Waals surface area contributed by atoms with Gasteiger partial charge in [-0.25, -0.2) is 0 Å². The van der Waals surface area contributed by atoms with Gasteiger partial charge in [0.2, 0.25) is 23.9 Å². The summed E-state index contributed by atoms with van der Waals surface area (Å²) < 4.78 is 23.0. The molecule has 1 N–H and O–H groups in total. The van der Waals surface area contributed by atoms with Gasteiger partial charge in [0.1, 0.15) is 6.10 Å². The number of hydrogen-bond acceptors (Lipinski definition) is 8. The van der Waals surface area contributed by atoms with Gasteiger partial charge in [0.25, 0.3) is 0 Å². The molecule has 1 saturated carbocycles. The minimum atomic E-state index is -1.92. The van der Waals surface area contributed by atoms with Crippen LogP contribution in [0.15, 0.2) is 18.2 Å². The van der Waals surface area contributed by atoms with Gasteiger partial charge in [0.15, 0.2) is 16.9 Å². The molecule has 4 atom stereocenters. The molecule has 2 bridgehead atoms. The third-order valence-electron chi connectivity index (χ3n) is 6.52. The topological polar surface area (TPSA) is 132 Å². The van der Waals surface area contributed by atoms with Crippen LogP contribution in [0.3, 0.4) is 0 Å². The van der Waals surface area contributed by atoms with Gasteiger partial charge in [-0.2, -0.15) is 15.8 Å². The van der Waals surface area contributed by atoms with Crippen molar-refractivity contribution < 1.29 is 18.9 Å². The fraction of sp³-hybridized carbons (Fsp3) is 0.500. The lowest BCUT2D eigenvalue weighted by Gasteiger charge is -2.51. The van der Waals surface area contributed by atoms with E-state index in [1.807, 2.05) is 0 Å². The fourth-order valence-electron chi connectivity index (χ4n) is 5.24. The Kier molecular flexibility index (Phi) is 3.24. The molecule has 3 heterocycles. The van der Waals surface area contributed by atoms with Crippen LogP contribution in [0.4, 0.5) is 0 Å². The van der Waals surface area contributed by atoms with E-state index in [4.69, 9.17) is 24.4 Å². The van der Waals surface area contributed by atoms with Crippen LogP contribution in [0, 0.1) is 56.2 Å². The minimum absolute atomic E-state index is 0.0911. The van der Waals surface area contributed by atoms with Gasteiger partial charge in [-0.1, -0.05) is 12.5 Å². The molecule has 3 aliphatic heterocycles. The van der Waals surface area contributed by atoms with Gasteiger partial charge in [0.05, 0.1) is 24.1 Å². The van der Waals surface area contributed by atoms with Gasteiger partial charge >= 0.3 is 0 Å². The van der Waals surface area contributed by atoms with Crippen molar-refractivity contribution in [1.29, 1.82) is 21.2 Å². The Bertz CT molecular complexity index is 1000. The first-order valence-electron chi connectivity index (χ1n) is 9.16. The molecule has 140 valence electrons. The normalized spacial score (nSPS) is 36.4. The molecule has 3 fully saturated rings. The van der Waals surface area contributed by atoms with Gasteiger partial charge < -0.3 is 18.9 Å². The lowest BCUT2D eigenvalue weighted by molar-refractivity contribution is -0.294. The second kappa shape index (κ2) is 5.38. The quantitative estimate of drug-likeness (QED) is 0.796. The highest BCUT2D eigenvalue weighted by molar-refractivity contribution is 5.89. The van der Waals surface area contributed by atoms with Crippen LogP contribution in [0.1, 0.15) is 37.4 Å². The number of nitriles is 3. The summed E-state index contributed by atoms with van der Waals surface area (Å²) in [5.41, 5.74) is -3.08. The molecular formula is C20H16N4O4. The molecule has 8 nitrogen and oxygen atoms in total. The summed E-state index contributed by atoms with van der Waals surface area (Å²) in [5.74, 6) is -0.981. The van der Waals surface area contributed by atoms with Crippen molar-refractivity contribution in [3.63, 3.8) is 0 Å². The summed E-state index contributed by atoms with van der Waals surface area (Å²) >= 11 is 0. The van der Waals surface area contributed by atoms with E-state index >= 15 is 0 Å². The smallest absolute Gasteiger partial charge is 0.231 e. The zero-order valence-electron chi connectivity index (χ0n) is 14.9. The highest BCUT2D eigenvalue weighted by Crippen LogP contribution is 2.69. The zero-order valence-corrected chi connectivity index (χ0v) is 14.9. The molecule has 8 heteroatoms. The first-order valence-corrected chi connectivity index (χ1v) is 9.16. The Morgan fingerprint density at radius 3 is 2.57 bits per heavy atom. The number of nitrogens with zero attached hydrogens (tertiary/aromatic N) is 3. The molecule has 4 aliphatic rings. The summed E-state index contributed by atoms with van der Waals surface area (Å²) in [6.45, 7) is 0.0911. The van der Waals surface area contributed by atoms with Crippen LogP contribution < -0.4 is 9.47 Å². The minimum Gasteiger partial charge on any atom is -0.454 e. The molecule has 0 radical (unpaired) electrons. The molecule has 2 saturated heterocycles. The molecule has 28 heavy (non-hydrogen) atoms. The number of hydrogen-bond donors (Lipinski definition) is 1. The molecular weight excluding hydrogens is 360 g/mol. The van der Waals surface area contributed by atoms with Crippen LogP contribution in [0.25, 0.3) is 0 Å². The average molecular weight is 376 g/mol. The number of rotatable bonds is 1. The van der Waals surface area contributed by atoms with Crippen molar-refractivity contribution in [3.8, 4) is 29.7 Å². The predicted molar refractivity (Wildman–Crippen MR) is 91.6 cm³/mol. The summed E-state index contributed by atoms with van der Waals surface area (Å²) in [4.78, 5) is 0. The van der Waals surface area contributed by atoms with Crippen molar-refractivity contribution in [2.24, 2.45) is 16.7 Å². The third kappa shape index (κ3) is 1.69. The third-order valence-corrected chi connectivity index (χ3v) is 6.52. The second-order valence-electron chi connectivity index (χ2n) is 7.60. The standard InChI is InChI=1S/C20H16N4O4/c21-8-18(9-22)16(12-4-5-13-14(7-12)26-11-25-13)27-20-6-2-1-3-15(20)19(18,10-23)17(24)28-20/h4-5,7,15-16,24H,1-3,6,11H2/t15-,16-,19+,20-/m1/s1. The lowest BCUT2D eigenvalue weighted by Crippen LogP contribution is -2.60. The molecule has 0 amide bonds. The number of ether oxygens (including phenoxy) is 4. The van der Waals surface area contributed by atoms with Crippen LogP contribution >= 0.6 is 0 Å². The van der Waals surface area contributed by atoms with Gasteiger partial charge in [-0.05, 0) is 30.5 Å². The van der Waals surface area contributed by atoms with Crippen LogP contribution in [0.5, 0.6) is 11.5 Å². The summed E-state index contributed by atoms with van der Waals surface area (Å²) in [6.07, 6.45) is 1.67. The van der Waals surface area contributed by atoms with Crippen molar-refractivity contribution >= 4 is 5.90 Å². The SMILES string of the molecule is N#CC1(C#N)[C@@H](c2ccc3c(c2)OCO3)O[C@@]23CCCC[C@@H]2[C@@]1(C#N)C(=N)O3. The van der Waals surface area contributed by atoms with Crippen molar-refractivity contribution in [2.45, 2.75) is 37.6 Å². The number of fused-ring (bicyclic) bond motifs is 1. The highest BCUT2D eigenvalue weighted by Gasteiger charge is 2.80.